The van der Waals surface area contributed by atoms with Crippen molar-refractivity contribution in [2.45, 2.75) is 24.4 Å². The van der Waals surface area contributed by atoms with Gasteiger partial charge in [0.05, 0.1) is 13.5 Å². The van der Waals surface area contributed by atoms with Gasteiger partial charge in [0, 0.05) is 31.3 Å². The van der Waals surface area contributed by atoms with E-state index in [-0.39, 0.29) is 12.4 Å². The van der Waals surface area contributed by atoms with Crippen molar-refractivity contribution in [1.82, 2.24) is 15.3 Å². The third-order valence-electron chi connectivity index (χ3n) is 4.87. The van der Waals surface area contributed by atoms with E-state index in [1.807, 2.05) is 36.6 Å². The molecular formula is C21H29N5O4S. The Bertz CT molecular complexity index is 867. The number of carboxylic acid groups (broad SMARTS) is 1. The molecule has 0 bridgehead atoms. The summed E-state index contributed by atoms with van der Waals surface area (Å²) in [5.74, 6) is 2.48. The van der Waals surface area contributed by atoms with Crippen molar-refractivity contribution in [2.24, 2.45) is 5.92 Å². The number of hydrogen-bond acceptors (Lipinski definition) is 8. The Morgan fingerprint density at radius 3 is 2.87 bits per heavy atom. The minimum atomic E-state index is -0.250. The summed E-state index contributed by atoms with van der Waals surface area (Å²) >= 11 is 1.48. The number of thioether (sulfide) groups is 1. The zero-order valence-corrected chi connectivity index (χ0v) is 18.6. The van der Waals surface area contributed by atoms with Gasteiger partial charge in [0.1, 0.15) is 17.4 Å². The fraction of sp³-hybridized carbons (Fsp3) is 0.429. The van der Waals surface area contributed by atoms with Gasteiger partial charge in [-0.25, -0.2) is 9.97 Å². The van der Waals surface area contributed by atoms with E-state index in [0.29, 0.717) is 29.9 Å². The Morgan fingerprint density at radius 2 is 2.16 bits per heavy atom. The Morgan fingerprint density at radius 1 is 1.42 bits per heavy atom. The summed E-state index contributed by atoms with van der Waals surface area (Å²) in [5.41, 5.74) is 6.81. The summed E-state index contributed by atoms with van der Waals surface area (Å²) in [6, 6.07) is 9.43. The summed E-state index contributed by atoms with van der Waals surface area (Å²) in [6.07, 6.45) is 4.40. The van der Waals surface area contributed by atoms with Crippen LogP contribution in [0.15, 0.2) is 35.5 Å². The molecule has 9 nitrogen and oxygen atoms in total. The Kier molecular flexibility index (Phi) is 9.89. The molecule has 1 aliphatic rings. The van der Waals surface area contributed by atoms with Crippen molar-refractivity contribution < 1.29 is 19.4 Å². The quantitative estimate of drug-likeness (QED) is 0.331. The number of amides is 1. The minimum absolute atomic E-state index is 0.0116. The van der Waals surface area contributed by atoms with Crippen LogP contribution >= 0.6 is 11.8 Å². The van der Waals surface area contributed by atoms with Crippen LogP contribution in [0.25, 0.3) is 0 Å². The molecule has 1 atom stereocenters. The first-order chi connectivity index (χ1) is 15.0. The molecule has 0 spiro atoms. The topological polar surface area (TPSA) is 131 Å². The van der Waals surface area contributed by atoms with Crippen LogP contribution in [-0.4, -0.2) is 60.5 Å². The highest BCUT2D eigenvalue weighted by Gasteiger charge is 2.22. The van der Waals surface area contributed by atoms with Gasteiger partial charge < -0.3 is 25.8 Å². The molecule has 3 rings (SSSR count). The number of methoxy groups -OCH3 is 1. The maximum absolute atomic E-state index is 12.4. The number of carbonyl (C=O) groups excluding carboxylic acids is 1. The molecule has 1 saturated heterocycles. The Balaban J connectivity index is 0.00000107. The van der Waals surface area contributed by atoms with E-state index < -0.39 is 0 Å². The highest BCUT2D eigenvalue weighted by Crippen LogP contribution is 2.24. The van der Waals surface area contributed by atoms with Gasteiger partial charge in [-0.05, 0) is 31.1 Å². The molecule has 10 heteroatoms. The lowest BCUT2D eigenvalue weighted by atomic mass is 9.98. The van der Waals surface area contributed by atoms with E-state index in [0.717, 1.165) is 43.1 Å². The van der Waals surface area contributed by atoms with Crippen LogP contribution in [0.3, 0.4) is 0 Å². The molecule has 1 amide bonds. The second kappa shape index (κ2) is 12.6. The molecule has 31 heavy (non-hydrogen) atoms. The Hall–Kier alpha value is -3.01. The number of nitrogens with one attached hydrogen (secondary N) is 1. The maximum Gasteiger partial charge on any atom is 0.290 e. The lowest BCUT2D eigenvalue weighted by Gasteiger charge is -2.33. The van der Waals surface area contributed by atoms with Gasteiger partial charge in [-0.2, -0.15) is 0 Å². The predicted octanol–water partition coefficient (Wildman–Crippen LogP) is 2.07. The maximum atomic E-state index is 12.4. The molecule has 1 fully saturated rings. The smallest absolute Gasteiger partial charge is 0.290 e. The zero-order valence-electron chi connectivity index (χ0n) is 17.8. The summed E-state index contributed by atoms with van der Waals surface area (Å²) in [6.45, 7) is 2.19. The van der Waals surface area contributed by atoms with E-state index in [9.17, 15) is 4.79 Å². The van der Waals surface area contributed by atoms with Crippen LogP contribution in [0, 0.1) is 5.92 Å². The van der Waals surface area contributed by atoms with Crippen LogP contribution in [-0.2, 0) is 16.0 Å². The summed E-state index contributed by atoms with van der Waals surface area (Å²) in [7, 11) is 1.62. The molecule has 168 valence electrons. The SMILES string of the molecule is COc1ccccc1CC(=O)NCC1CCCN(c2cc(N)nc(SC)n2)C1.O=CO. The van der Waals surface area contributed by atoms with Gasteiger partial charge in [0.2, 0.25) is 5.91 Å². The van der Waals surface area contributed by atoms with E-state index >= 15 is 0 Å². The molecule has 1 aliphatic heterocycles. The zero-order chi connectivity index (χ0) is 22.6. The predicted molar refractivity (Wildman–Crippen MR) is 122 cm³/mol. The number of para-hydroxylation sites is 1. The third kappa shape index (κ3) is 7.63. The van der Waals surface area contributed by atoms with E-state index in [1.165, 1.54) is 11.8 Å². The van der Waals surface area contributed by atoms with E-state index in [2.05, 4.69) is 20.2 Å². The third-order valence-corrected chi connectivity index (χ3v) is 5.42. The summed E-state index contributed by atoms with van der Waals surface area (Å²) in [5, 5.41) is 10.6. The molecule has 0 aliphatic carbocycles. The van der Waals surface area contributed by atoms with E-state index in [4.69, 9.17) is 20.4 Å². The number of piperidine rings is 1. The molecule has 4 N–H and O–H groups in total. The second-order valence-corrected chi connectivity index (χ2v) is 7.76. The fourth-order valence-corrected chi connectivity index (χ4v) is 3.85. The normalized spacial score (nSPS) is 15.4. The summed E-state index contributed by atoms with van der Waals surface area (Å²) in [4.78, 5) is 31.8. The van der Waals surface area contributed by atoms with E-state index in [1.54, 1.807) is 7.11 Å². The van der Waals surface area contributed by atoms with Crippen molar-refractivity contribution in [3.63, 3.8) is 0 Å². The standard InChI is InChI=1S/C20H27N5O2S.CH2O2/c1-27-16-8-4-3-7-15(16)10-19(26)22-12-14-6-5-9-25(13-14)18-11-17(21)23-20(24-18)28-2;2-1-3/h3-4,7-8,11,14H,5-6,9-10,12-13H2,1-2H3,(H,22,26)(H2,21,23,24);1H,(H,2,3). The lowest BCUT2D eigenvalue weighted by Crippen LogP contribution is -2.41. The first kappa shape index (κ1) is 24.3. The van der Waals surface area contributed by atoms with Gasteiger partial charge in [0.15, 0.2) is 5.16 Å². The largest absolute Gasteiger partial charge is 0.496 e. The molecule has 1 unspecified atom stereocenters. The average Bonchev–Trinajstić information content (AvgIpc) is 2.78. The van der Waals surface area contributed by atoms with Gasteiger partial charge in [-0.15, -0.1) is 0 Å². The number of anilines is 2. The molecule has 1 aromatic heterocycles. The first-order valence-electron chi connectivity index (χ1n) is 9.90. The number of carbonyl (C=O) groups is 2. The monoisotopic (exact) mass is 447 g/mol. The van der Waals surface area contributed by atoms with Gasteiger partial charge in [0.25, 0.3) is 6.47 Å². The molecule has 2 heterocycles. The number of aromatic nitrogens is 2. The Labute approximate surface area is 186 Å². The fourth-order valence-electron chi connectivity index (χ4n) is 3.47. The van der Waals surface area contributed by atoms with Gasteiger partial charge in [-0.3, -0.25) is 9.59 Å². The molecule has 0 radical (unpaired) electrons. The van der Waals surface area contributed by atoms with Crippen LogP contribution in [0.5, 0.6) is 5.75 Å². The van der Waals surface area contributed by atoms with Crippen molar-refractivity contribution in [1.29, 1.82) is 0 Å². The van der Waals surface area contributed by atoms with Gasteiger partial charge >= 0.3 is 0 Å². The number of ether oxygens (including phenoxy) is 1. The van der Waals surface area contributed by atoms with Crippen LogP contribution in [0.1, 0.15) is 18.4 Å². The highest BCUT2D eigenvalue weighted by atomic mass is 32.2. The minimum Gasteiger partial charge on any atom is -0.496 e. The second-order valence-electron chi connectivity index (χ2n) is 6.99. The van der Waals surface area contributed by atoms with Crippen LogP contribution in [0.4, 0.5) is 11.6 Å². The highest BCUT2D eigenvalue weighted by molar-refractivity contribution is 7.98. The van der Waals surface area contributed by atoms with Crippen molar-refractivity contribution >= 4 is 35.8 Å². The number of nitrogens with zero attached hydrogens (tertiary/aromatic N) is 3. The van der Waals surface area contributed by atoms with Gasteiger partial charge in [-0.1, -0.05) is 30.0 Å². The first-order valence-corrected chi connectivity index (χ1v) is 11.1. The molecule has 0 saturated carbocycles. The molecular weight excluding hydrogens is 418 g/mol. The summed E-state index contributed by atoms with van der Waals surface area (Å²) < 4.78 is 5.32. The lowest BCUT2D eigenvalue weighted by molar-refractivity contribution is -0.123. The van der Waals surface area contributed by atoms with Crippen molar-refractivity contribution in [2.75, 3.05) is 43.6 Å². The van der Waals surface area contributed by atoms with Crippen LogP contribution < -0.4 is 20.7 Å². The number of benzene rings is 1. The average molecular weight is 448 g/mol. The molecule has 2 aromatic rings. The number of nitrogens with two attached hydrogens (primary N) is 1. The van der Waals surface area contributed by atoms with Crippen molar-refractivity contribution in [3.8, 4) is 5.75 Å². The number of hydrogen-bond donors (Lipinski definition) is 3. The van der Waals surface area contributed by atoms with Crippen LogP contribution in [0.2, 0.25) is 0 Å². The van der Waals surface area contributed by atoms with Crippen molar-refractivity contribution in [3.05, 3.63) is 35.9 Å². The number of nitrogen functional groups attached to an aromatic ring is 1. The molecule has 1 aromatic carbocycles. The number of rotatable bonds is 7.